The van der Waals surface area contributed by atoms with E-state index in [1.165, 1.54) is 12.1 Å². The summed E-state index contributed by atoms with van der Waals surface area (Å²) in [5.41, 5.74) is 7.56. The van der Waals surface area contributed by atoms with Gasteiger partial charge in [0.25, 0.3) is 5.56 Å². The molecule has 3 N–H and O–H groups in total. The smallest absolute Gasteiger partial charge is 0.263 e. The van der Waals surface area contributed by atoms with E-state index in [1.807, 2.05) is 26.8 Å². The van der Waals surface area contributed by atoms with Gasteiger partial charge in [0, 0.05) is 24.5 Å². The van der Waals surface area contributed by atoms with Crippen LogP contribution in [0.15, 0.2) is 35.1 Å². The molecule has 1 saturated carbocycles. The van der Waals surface area contributed by atoms with Crippen LogP contribution < -0.4 is 21.5 Å². The monoisotopic (exact) mass is 484 g/mol. The Morgan fingerprint density at radius 3 is 2.51 bits per heavy atom. The zero-order valence-corrected chi connectivity index (χ0v) is 20.6. The number of halogens is 1. The number of nitrogens with one attached hydrogen (secondary N) is 1. The fourth-order valence-corrected chi connectivity index (χ4v) is 5.35. The summed E-state index contributed by atoms with van der Waals surface area (Å²) in [5.74, 6) is -1.52. The molecular weight excluding hydrogens is 451 g/mol. The summed E-state index contributed by atoms with van der Waals surface area (Å²) >= 11 is 0. The van der Waals surface area contributed by atoms with Gasteiger partial charge in [-0.15, -0.1) is 0 Å². The Kier molecular flexibility index (Phi) is 6.98. The summed E-state index contributed by atoms with van der Waals surface area (Å²) in [6, 6.07) is 6.53. The van der Waals surface area contributed by atoms with Crippen LogP contribution in [0.5, 0.6) is 0 Å². The Bertz CT molecular complexity index is 1180. The van der Waals surface area contributed by atoms with Gasteiger partial charge in [0.15, 0.2) is 0 Å². The van der Waals surface area contributed by atoms with Crippen LogP contribution >= 0.6 is 0 Å². The van der Waals surface area contributed by atoms with Crippen molar-refractivity contribution < 1.29 is 18.7 Å². The normalized spacial score (nSPS) is 23.5. The van der Waals surface area contributed by atoms with Crippen LogP contribution in [0.1, 0.15) is 57.4 Å². The number of carbonyl (C=O) groups is 2. The van der Waals surface area contributed by atoms with E-state index in [1.54, 1.807) is 28.6 Å². The maximum atomic E-state index is 13.9. The first kappa shape index (κ1) is 24.9. The van der Waals surface area contributed by atoms with Crippen LogP contribution in [0.4, 0.5) is 10.1 Å². The average Bonchev–Trinajstić information content (AvgIpc) is 3.36. The molecule has 2 amide bonds. The molecule has 1 aromatic heterocycles. The highest BCUT2D eigenvalue weighted by Gasteiger charge is 2.46. The molecule has 1 aromatic carbocycles. The van der Waals surface area contributed by atoms with E-state index in [2.05, 4.69) is 5.32 Å². The van der Waals surface area contributed by atoms with Crippen molar-refractivity contribution in [3.63, 3.8) is 0 Å². The Hall–Kier alpha value is -3.20. The Morgan fingerprint density at radius 1 is 1.23 bits per heavy atom. The number of likely N-dealkylation sites (N-methyl/N-ethyl adjacent to an activating group) is 1. The maximum absolute atomic E-state index is 13.9. The number of nitrogens with two attached hydrogens (primary N) is 1. The van der Waals surface area contributed by atoms with Gasteiger partial charge in [-0.1, -0.05) is 13.3 Å². The highest BCUT2D eigenvalue weighted by atomic mass is 19.1. The van der Waals surface area contributed by atoms with Crippen molar-refractivity contribution in [3.05, 3.63) is 57.8 Å². The highest BCUT2D eigenvalue weighted by molar-refractivity contribution is 5.90. The molecule has 0 bridgehead atoms. The van der Waals surface area contributed by atoms with Crippen molar-refractivity contribution in [2.75, 3.05) is 11.9 Å². The zero-order valence-electron chi connectivity index (χ0n) is 20.6. The number of fused-ring (bicyclic) bond motifs is 1. The number of carbonyl (C=O) groups excluding carboxylic acids is 2. The number of primary amides is 1. The number of aromatic nitrogens is 1. The van der Waals surface area contributed by atoms with Crippen LogP contribution in [-0.4, -0.2) is 41.6 Å². The number of anilines is 1. The first-order valence-corrected chi connectivity index (χ1v) is 12.2. The topological polar surface area (TPSA) is 107 Å². The van der Waals surface area contributed by atoms with Gasteiger partial charge >= 0.3 is 0 Å². The third-order valence-electron chi connectivity index (χ3n) is 7.01. The lowest BCUT2D eigenvalue weighted by molar-refractivity contribution is -0.128. The lowest BCUT2D eigenvalue weighted by Crippen LogP contribution is -2.51. The quantitative estimate of drug-likeness (QED) is 0.628. The molecule has 2 aromatic rings. The molecule has 1 aliphatic heterocycles. The number of benzene rings is 1. The molecule has 8 nitrogen and oxygen atoms in total. The van der Waals surface area contributed by atoms with Gasteiger partial charge in [0.1, 0.15) is 18.0 Å². The van der Waals surface area contributed by atoms with E-state index >= 15 is 0 Å². The summed E-state index contributed by atoms with van der Waals surface area (Å²) in [6.07, 6.45) is 1.64. The van der Waals surface area contributed by atoms with Gasteiger partial charge in [0.2, 0.25) is 11.8 Å². The second-order valence-corrected chi connectivity index (χ2v) is 9.62. The minimum Gasteiger partial charge on any atom is -0.369 e. The van der Waals surface area contributed by atoms with Crippen molar-refractivity contribution in [2.45, 2.75) is 70.7 Å². The van der Waals surface area contributed by atoms with Crippen LogP contribution in [0.25, 0.3) is 5.69 Å². The molecule has 188 valence electrons. The number of nitrogens with zero attached hydrogens (tertiary/aromatic N) is 2. The molecule has 2 unspecified atom stereocenters. The third kappa shape index (κ3) is 4.57. The Labute approximate surface area is 204 Å². The molecule has 1 aliphatic carbocycles. The first-order chi connectivity index (χ1) is 16.6. The SMILES string of the molecule is CCc1cc2c(c(=O)n1-c1ccc(F)cc1)C(OC(C)C)C(C(=O)N[C@H]1CCC[C@H]1C(N)=O)N2C. The summed E-state index contributed by atoms with van der Waals surface area (Å²) < 4.78 is 21.3. The number of amides is 2. The lowest BCUT2D eigenvalue weighted by Gasteiger charge is -2.29. The van der Waals surface area contributed by atoms with Crippen LogP contribution in [0.2, 0.25) is 0 Å². The number of pyridine rings is 1. The van der Waals surface area contributed by atoms with Crippen LogP contribution in [0.3, 0.4) is 0 Å². The van der Waals surface area contributed by atoms with E-state index in [-0.39, 0.29) is 29.4 Å². The Balaban J connectivity index is 1.77. The van der Waals surface area contributed by atoms with Gasteiger partial charge < -0.3 is 20.7 Å². The van der Waals surface area contributed by atoms with Crippen molar-refractivity contribution in [3.8, 4) is 5.69 Å². The zero-order chi connectivity index (χ0) is 25.4. The molecule has 4 atom stereocenters. The third-order valence-corrected chi connectivity index (χ3v) is 7.01. The largest absolute Gasteiger partial charge is 0.369 e. The number of ether oxygens (including phenoxy) is 1. The molecule has 0 radical (unpaired) electrons. The average molecular weight is 485 g/mol. The van der Waals surface area contributed by atoms with Crippen molar-refractivity contribution in [1.82, 2.24) is 9.88 Å². The van der Waals surface area contributed by atoms with Gasteiger partial charge in [-0.25, -0.2) is 4.39 Å². The van der Waals surface area contributed by atoms with E-state index < -0.39 is 24.0 Å². The molecule has 1 fully saturated rings. The second-order valence-electron chi connectivity index (χ2n) is 9.62. The van der Waals surface area contributed by atoms with Gasteiger partial charge in [-0.2, -0.15) is 0 Å². The molecule has 0 spiro atoms. The summed E-state index contributed by atoms with van der Waals surface area (Å²) in [4.78, 5) is 41.1. The standard InChI is InChI=1S/C26H33FN4O4/c1-5-16-13-20-21(26(34)31(16)17-11-9-15(27)10-12-17)23(35-14(2)3)22(30(20)4)25(33)29-19-8-6-7-18(19)24(28)32/h9-14,18-19,22-23H,5-8H2,1-4H3,(H2,28,32)(H,29,33)/t18-,19+,22?,23?/m1/s1. The van der Waals surface area contributed by atoms with E-state index in [9.17, 15) is 18.8 Å². The number of hydrogen-bond acceptors (Lipinski definition) is 5. The molecule has 4 rings (SSSR count). The summed E-state index contributed by atoms with van der Waals surface area (Å²) in [6.45, 7) is 5.64. The van der Waals surface area contributed by atoms with E-state index in [0.717, 1.165) is 12.1 Å². The van der Waals surface area contributed by atoms with Gasteiger partial charge in [0.05, 0.1) is 23.3 Å². The lowest BCUT2D eigenvalue weighted by atomic mass is 10.0. The maximum Gasteiger partial charge on any atom is 0.263 e. The highest BCUT2D eigenvalue weighted by Crippen LogP contribution is 2.41. The minimum atomic E-state index is -0.812. The van der Waals surface area contributed by atoms with Crippen LogP contribution in [-0.2, 0) is 20.7 Å². The molecule has 35 heavy (non-hydrogen) atoms. The molecule has 0 saturated heterocycles. The predicted molar refractivity (Wildman–Crippen MR) is 131 cm³/mol. The minimum absolute atomic E-state index is 0.246. The first-order valence-electron chi connectivity index (χ1n) is 12.2. The molecule has 9 heteroatoms. The fraction of sp³-hybridized carbons (Fsp3) is 0.500. The number of rotatable bonds is 7. The molecule has 2 aliphatic rings. The van der Waals surface area contributed by atoms with E-state index in [0.29, 0.717) is 36.2 Å². The summed E-state index contributed by atoms with van der Waals surface area (Å²) in [7, 11) is 1.77. The summed E-state index contributed by atoms with van der Waals surface area (Å²) in [5, 5.41) is 3.01. The van der Waals surface area contributed by atoms with Crippen molar-refractivity contribution in [2.24, 2.45) is 11.7 Å². The Morgan fingerprint density at radius 2 is 1.91 bits per heavy atom. The molecule has 2 heterocycles. The van der Waals surface area contributed by atoms with Gasteiger partial charge in [-0.05, 0) is 63.4 Å². The number of hydrogen-bond donors (Lipinski definition) is 2. The number of aryl methyl sites for hydroxylation is 1. The van der Waals surface area contributed by atoms with Gasteiger partial charge in [-0.3, -0.25) is 19.0 Å². The van der Waals surface area contributed by atoms with Crippen molar-refractivity contribution >= 4 is 17.5 Å². The predicted octanol–water partition coefficient (Wildman–Crippen LogP) is 2.59. The second kappa shape index (κ2) is 9.81. The molecular formula is C26H33FN4O4. The van der Waals surface area contributed by atoms with E-state index in [4.69, 9.17) is 10.5 Å². The fourth-order valence-electron chi connectivity index (χ4n) is 5.35. The van der Waals surface area contributed by atoms with Crippen molar-refractivity contribution in [1.29, 1.82) is 0 Å². The van der Waals surface area contributed by atoms with Crippen LogP contribution in [0, 0.1) is 11.7 Å².